The van der Waals surface area contributed by atoms with Crippen LogP contribution in [0.1, 0.15) is 26.7 Å². The zero-order valence-electron chi connectivity index (χ0n) is 32.3. The third kappa shape index (κ3) is 9.38. The molecule has 416 valence electrons. The first-order valence-electron chi connectivity index (χ1n) is 16.6. The molecule has 43 heteroatoms. The smallest absolute Gasteiger partial charge is 0.379 e. The van der Waals surface area contributed by atoms with Gasteiger partial charge in [-0.2, -0.15) is 158 Å². The van der Waals surface area contributed by atoms with Gasteiger partial charge in [-0.25, -0.2) is 16.8 Å². The normalized spacial score (nSPS) is 16.6. The van der Waals surface area contributed by atoms with Gasteiger partial charge in [-0.15, -0.1) is 0 Å². The van der Waals surface area contributed by atoms with Gasteiger partial charge in [0.05, 0.1) is 13.2 Å². The van der Waals surface area contributed by atoms with Crippen LogP contribution in [0.3, 0.4) is 0 Å². The van der Waals surface area contributed by atoms with Gasteiger partial charge in [0.25, 0.3) is 20.0 Å². The molecule has 0 aliphatic heterocycles. The second kappa shape index (κ2) is 18.7. The van der Waals surface area contributed by atoms with Crippen molar-refractivity contribution >= 4 is 20.0 Å². The molecule has 0 heterocycles. The van der Waals surface area contributed by atoms with Crippen LogP contribution in [0, 0.1) is 0 Å². The van der Waals surface area contributed by atoms with Gasteiger partial charge >= 0.3 is 93.9 Å². The lowest BCUT2D eigenvalue weighted by Gasteiger charge is -2.43. The van der Waals surface area contributed by atoms with E-state index in [-0.39, 0.29) is 0 Å². The van der Waals surface area contributed by atoms with Crippen molar-refractivity contribution in [2.24, 2.45) is 0 Å². The highest BCUT2D eigenvalue weighted by molar-refractivity contribution is 7.90. The number of hydrogen-bond acceptors (Lipinski definition) is 5. The molecule has 0 aromatic heterocycles. The fourth-order valence-corrected chi connectivity index (χ4v) is 7.61. The van der Waals surface area contributed by atoms with Gasteiger partial charge in [-0.05, 0) is 12.8 Å². The van der Waals surface area contributed by atoms with Crippen LogP contribution < -0.4 is 0 Å². The molecule has 0 aromatic rings. The number of halogens is 34. The Morgan fingerprint density at radius 1 is 0.290 bits per heavy atom. The molecule has 0 unspecified atom stereocenters. The van der Waals surface area contributed by atoms with Crippen LogP contribution in [-0.2, 0) is 24.8 Å². The summed E-state index contributed by atoms with van der Waals surface area (Å²) in [6, 6.07) is 0. The van der Waals surface area contributed by atoms with Crippen LogP contribution in [0.4, 0.5) is 149 Å². The summed E-state index contributed by atoms with van der Waals surface area (Å²) in [5, 5.41) is -16.3. The van der Waals surface area contributed by atoms with E-state index >= 15 is 0 Å². The highest BCUT2D eigenvalue weighted by atomic mass is 32.2. The lowest BCUT2D eigenvalue weighted by molar-refractivity contribution is -0.458. The summed E-state index contributed by atoms with van der Waals surface area (Å²) in [6.45, 7) is -11.1. The molecule has 0 saturated carbocycles. The number of nitrogens with zero attached hydrogens (tertiary/aromatic N) is 2. The second-order valence-electron chi connectivity index (χ2n) is 13.3. The van der Waals surface area contributed by atoms with Gasteiger partial charge in [0.1, 0.15) is 0 Å². The Labute approximate surface area is 360 Å². The van der Waals surface area contributed by atoms with Gasteiger partial charge in [-0.1, -0.05) is 13.8 Å². The monoisotopic (exact) mass is 1150 g/mol. The molecule has 0 aliphatic carbocycles. The van der Waals surface area contributed by atoms with Crippen molar-refractivity contribution < 1.29 is 171 Å². The number of rotatable bonds is 26. The molecule has 0 amide bonds. The molecular formula is C26H22F34N2O5S2. The van der Waals surface area contributed by atoms with E-state index in [0.717, 1.165) is 0 Å². The zero-order chi connectivity index (χ0) is 56.5. The van der Waals surface area contributed by atoms with E-state index in [1.54, 1.807) is 0 Å². The summed E-state index contributed by atoms with van der Waals surface area (Å²) in [7, 11) is -16.1. The third-order valence-corrected chi connectivity index (χ3v) is 12.5. The SMILES string of the molecule is CCCN(CCOCCN(CCC)S(=O)(=O)C(F)(F)C(F)(F)C(F)(F)C(F)(F)C(F)(F)C(F)(F)C(F)(F)C(F)(F)F)S(=O)(=O)C(F)(F)C(F)(F)C(F)(F)C(F)(F)C(F)(F)C(F)(F)C(F)(F)C(F)(F)F. The van der Waals surface area contributed by atoms with Crippen molar-refractivity contribution in [3.8, 4) is 0 Å². The number of alkyl halides is 34. The molecule has 0 spiro atoms. The van der Waals surface area contributed by atoms with E-state index in [1.165, 1.54) is 0 Å². The molecule has 0 fully saturated rings. The number of sulfonamides is 2. The lowest BCUT2D eigenvalue weighted by Crippen LogP contribution is -2.75. The first-order valence-corrected chi connectivity index (χ1v) is 19.5. The molecule has 0 radical (unpaired) electrons. The van der Waals surface area contributed by atoms with E-state index < -0.39 is 175 Å². The average molecular weight is 1150 g/mol. The fraction of sp³-hybridized carbons (Fsp3) is 1.00. The van der Waals surface area contributed by atoms with E-state index in [9.17, 15) is 166 Å². The summed E-state index contributed by atoms with van der Waals surface area (Å²) >= 11 is 0. The molecule has 0 atom stereocenters. The quantitative estimate of drug-likeness (QED) is 0.0637. The van der Waals surface area contributed by atoms with Crippen molar-refractivity contribution in [3.05, 3.63) is 0 Å². The summed E-state index contributed by atoms with van der Waals surface area (Å²) in [6.07, 6.45) is -18.5. The van der Waals surface area contributed by atoms with Gasteiger partial charge in [0.2, 0.25) is 0 Å². The van der Waals surface area contributed by atoms with Crippen molar-refractivity contribution in [2.45, 2.75) is 121 Å². The molecule has 0 N–H and O–H groups in total. The molecule has 0 aliphatic rings. The summed E-state index contributed by atoms with van der Waals surface area (Å²) in [5.41, 5.74) is 0. The molecule has 7 nitrogen and oxygen atoms in total. The minimum Gasteiger partial charge on any atom is -0.379 e. The standard InChI is InChI=1S/C26H22F34N2O5S2/c1-3-5-61(68(63,64)25(57,58)21(47,48)17(39,40)13(31,32)11(27,28)15(35,36)19(43,44)23(51,52)53)7-9-67-10-8-62(6-4-2)69(65,66)26(59,60)22(49,50)18(41,42)14(33,34)12(29,30)16(37,38)20(45,46)24(54,55)56/h3-10H2,1-2H3. The predicted octanol–water partition coefficient (Wildman–Crippen LogP) is 11.0. The van der Waals surface area contributed by atoms with Crippen molar-refractivity contribution in [3.63, 3.8) is 0 Å². The van der Waals surface area contributed by atoms with E-state index in [0.29, 0.717) is 13.8 Å². The Balaban J connectivity index is 6.90. The first-order chi connectivity index (χ1) is 29.6. The van der Waals surface area contributed by atoms with E-state index in [2.05, 4.69) is 4.74 Å². The van der Waals surface area contributed by atoms with Crippen LogP contribution in [0.25, 0.3) is 0 Å². The molecule has 0 bridgehead atoms. The minimum absolute atomic E-state index is 0.583. The van der Waals surface area contributed by atoms with Gasteiger partial charge in [-0.3, -0.25) is 0 Å². The van der Waals surface area contributed by atoms with Crippen molar-refractivity contribution in [1.29, 1.82) is 0 Å². The number of hydrogen-bond donors (Lipinski definition) is 0. The zero-order valence-corrected chi connectivity index (χ0v) is 33.9. The molecule has 69 heavy (non-hydrogen) atoms. The topological polar surface area (TPSA) is 84.0 Å². The maximum absolute atomic E-state index is 14.7. The molecule has 0 aromatic carbocycles. The molecular weight excluding hydrogens is 1130 g/mol. The van der Waals surface area contributed by atoms with Crippen LogP contribution in [0.5, 0.6) is 0 Å². The maximum Gasteiger partial charge on any atom is 0.460 e. The van der Waals surface area contributed by atoms with Crippen LogP contribution in [-0.4, -0.2) is 159 Å². The number of ether oxygens (including phenoxy) is 1. The summed E-state index contributed by atoms with van der Waals surface area (Å²) in [4.78, 5) is 0. The Bertz CT molecular complexity index is 1860. The van der Waals surface area contributed by atoms with Crippen LogP contribution in [0.15, 0.2) is 0 Å². The fourth-order valence-electron chi connectivity index (χ4n) is 4.59. The molecule has 0 rings (SSSR count). The second-order valence-corrected chi connectivity index (χ2v) is 17.3. The van der Waals surface area contributed by atoms with Gasteiger partial charge < -0.3 is 4.74 Å². The lowest BCUT2D eigenvalue weighted by atomic mass is 9.91. The Hall–Kier alpha value is -2.60. The van der Waals surface area contributed by atoms with Crippen molar-refractivity contribution in [1.82, 2.24) is 8.61 Å². The third-order valence-electron chi connectivity index (χ3n) is 8.63. The molecule has 0 saturated heterocycles. The first kappa shape index (κ1) is 66.4. The largest absolute Gasteiger partial charge is 0.460 e. The van der Waals surface area contributed by atoms with E-state index in [4.69, 9.17) is 0 Å². The highest BCUT2D eigenvalue weighted by Gasteiger charge is 2.98. The van der Waals surface area contributed by atoms with Crippen LogP contribution >= 0.6 is 0 Å². The Kier molecular flexibility index (Phi) is 18.0. The Morgan fingerprint density at radius 2 is 0.464 bits per heavy atom. The highest BCUT2D eigenvalue weighted by Crippen LogP contribution is 2.66. The summed E-state index contributed by atoms with van der Waals surface area (Å²) < 4.78 is 515. The van der Waals surface area contributed by atoms with Crippen molar-refractivity contribution in [2.75, 3.05) is 39.4 Å². The maximum atomic E-state index is 14.7. The predicted molar refractivity (Wildman–Crippen MR) is 154 cm³/mol. The Morgan fingerprint density at radius 3 is 0.638 bits per heavy atom. The van der Waals surface area contributed by atoms with Gasteiger partial charge in [0.15, 0.2) is 0 Å². The average Bonchev–Trinajstić information content (AvgIpc) is 3.14. The van der Waals surface area contributed by atoms with E-state index in [1.807, 2.05) is 0 Å². The summed E-state index contributed by atoms with van der Waals surface area (Å²) in [5.74, 6) is -108. The minimum atomic E-state index is -9.25. The van der Waals surface area contributed by atoms with Gasteiger partial charge in [0, 0.05) is 26.2 Å². The van der Waals surface area contributed by atoms with Crippen LogP contribution in [0.2, 0.25) is 0 Å².